The second-order valence-corrected chi connectivity index (χ2v) is 7.89. The van der Waals surface area contributed by atoms with Crippen molar-refractivity contribution in [3.8, 4) is 0 Å². The highest BCUT2D eigenvalue weighted by molar-refractivity contribution is 6.07. The van der Waals surface area contributed by atoms with Gasteiger partial charge in [0.15, 0.2) is 5.78 Å². The number of halogens is 1. The minimum absolute atomic E-state index is 0.0480. The van der Waals surface area contributed by atoms with Gasteiger partial charge in [0.25, 0.3) is 5.91 Å². The van der Waals surface area contributed by atoms with E-state index in [0.29, 0.717) is 29.1 Å². The van der Waals surface area contributed by atoms with Gasteiger partial charge >= 0.3 is 5.97 Å². The van der Waals surface area contributed by atoms with E-state index >= 15 is 0 Å². The van der Waals surface area contributed by atoms with Crippen LogP contribution in [-0.2, 0) is 11.3 Å². The Bertz CT molecular complexity index is 1020. The Kier molecular flexibility index (Phi) is 6.62. The van der Waals surface area contributed by atoms with Gasteiger partial charge in [-0.3, -0.25) is 9.59 Å². The molecular weight excluding hydrogens is 399 g/mol. The predicted molar refractivity (Wildman–Crippen MR) is 115 cm³/mol. The number of carbonyl (C=O) groups excluding carboxylic acids is 3. The first-order valence-corrected chi connectivity index (χ1v) is 10.7. The smallest absolute Gasteiger partial charge is 0.355 e. The number of esters is 1. The van der Waals surface area contributed by atoms with Gasteiger partial charge in [-0.25, -0.2) is 9.18 Å². The van der Waals surface area contributed by atoms with Crippen molar-refractivity contribution in [2.75, 3.05) is 6.61 Å². The lowest BCUT2D eigenvalue weighted by atomic mass is 9.99. The van der Waals surface area contributed by atoms with Crippen LogP contribution in [0.1, 0.15) is 76.1 Å². The molecule has 1 saturated carbocycles. The van der Waals surface area contributed by atoms with Crippen molar-refractivity contribution < 1.29 is 23.5 Å². The summed E-state index contributed by atoms with van der Waals surface area (Å²) in [4.78, 5) is 40.9. The average molecular weight is 429 g/mol. The zero-order valence-electron chi connectivity index (χ0n) is 18.7. The van der Waals surface area contributed by atoms with Gasteiger partial charge in [-0.1, -0.05) is 6.07 Å². The highest BCUT2D eigenvalue weighted by Crippen LogP contribution is 2.33. The number of ether oxygens (including phenoxy) is 1. The minimum atomic E-state index is -0.747. The third kappa shape index (κ3) is 4.27. The summed E-state index contributed by atoms with van der Waals surface area (Å²) < 4.78 is 20.7. The van der Waals surface area contributed by atoms with E-state index in [-0.39, 0.29) is 29.9 Å². The SMILES string of the molecule is CCOC(=O)c1c(C)c(C(=O)[C@@H](C)N(C(=O)c2cccc(F)c2)C2CC2)c(C)n1CC. The Morgan fingerprint density at radius 2 is 1.90 bits per heavy atom. The third-order valence-corrected chi connectivity index (χ3v) is 5.84. The summed E-state index contributed by atoms with van der Waals surface area (Å²) in [5, 5.41) is 0. The van der Waals surface area contributed by atoms with Crippen LogP contribution in [-0.4, -0.2) is 45.8 Å². The van der Waals surface area contributed by atoms with Gasteiger partial charge in [0.05, 0.1) is 12.6 Å². The molecule has 0 saturated heterocycles. The van der Waals surface area contributed by atoms with E-state index in [2.05, 4.69) is 0 Å². The van der Waals surface area contributed by atoms with E-state index in [1.165, 1.54) is 18.2 Å². The van der Waals surface area contributed by atoms with Crippen molar-refractivity contribution in [2.24, 2.45) is 0 Å². The lowest BCUT2D eigenvalue weighted by Gasteiger charge is -2.29. The molecule has 0 radical (unpaired) electrons. The topological polar surface area (TPSA) is 68.6 Å². The first kappa shape index (κ1) is 22.7. The fourth-order valence-electron chi connectivity index (χ4n) is 4.23. The Morgan fingerprint density at radius 3 is 2.45 bits per heavy atom. The molecule has 1 aromatic heterocycles. The molecule has 1 aliphatic rings. The lowest BCUT2D eigenvalue weighted by molar-refractivity contribution is 0.0512. The number of hydrogen-bond donors (Lipinski definition) is 0. The maximum Gasteiger partial charge on any atom is 0.355 e. The predicted octanol–water partition coefficient (Wildman–Crippen LogP) is 4.32. The van der Waals surface area contributed by atoms with Crippen LogP contribution in [0.2, 0.25) is 0 Å². The summed E-state index contributed by atoms with van der Waals surface area (Å²) in [6, 6.07) is 4.72. The number of aromatic nitrogens is 1. The van der Waals surface area contributed by atoms with Crippen LogP contribution in [0.5, 0.6) is 0 Å². The van der Waals surface area contributed by atoms with Crippen LogP contribution in [0.4, 0.5) is 4.39 Å². The summed E-state index contributed by atoms with van der Waals surface area (Å²) in [5.74, 6) is -1.55. The van der Waals surface area contributed by atoms with Crippen LogP contribution in [0, 0.1) is 19.7 Å². The number of Topliss-reactive ketones (excluding diaryl/α,β-unsaturated/α-hetero) is 1. The molecule has 0 spiro atoms. The Hall–Kier alpha value is -2.96. The average Bonchev–Trinajstić information content (AvgIpc) is 3.52. The van der Waals surface area contributed by atoms with E-state index in [4.69, 9.17) is 4.74 Å². The number of rotatable bonds is 8. The van der Waals surface area contributed by atoms with Crippen LogP contribution < -0.4 is 0 Å². The van der Waals surface area contributed by atoms with Crippen LogP contribution in [0.25, 0.3) is 0 Å². The molecule has 0 N–H and O–H groups in total. The molecule has 7 heteroatoms. The fourth-order valence-corrected chi connectivity index (χ4v) is 4.23. The number of nitrogens with zero attached hydrogens (tertiary/aromatic N) is 2. The van der Waals surface area contributed by atoms with E-state index < -0.39 is 17.8 Å². The number of benzene rings is 1. The van der Waals surface area contributed by atoms with Crippen molar-refractivity contribution in [1.29, 1.82) is 0 Å². The molecule has 1 aromatic carbocycles. The normalized spacial score (nSPS) is 14.3. The first-order chi connectivity index (χ1) is 14.7. The molecule has 0 unspecified atom stereocenters. The first-order valence-electron chi connectivity index (χ1n) is 10.7. The highest BCUT2D eigenvalue weighted by Gasteiger charge is 2.40. The molecule has 3 rings (SSSR count). The van der Waals surface area contributed by atoms with Crippen molar-refractivity contribution in [2.45, 2.75) is 66.1 Å². The van der Waals surface area contributed by atoms with Crippen molar-refractivity contribution in [3.05, 3.63) is 58.2 Å². The van der Waals surface area contributed by atoms with Gasteiger partial charge in [0.1, 0.15) is 11.5 Å². The van der Waals surface area contributed by atoms with Gasteiger partial charge in [0.2, 0.25) is 0 Å². The number of carbonyl (C=O) groups is 3. The second-order valence-electron chi connectivity index (χ2n) is 7.89. The van der Waals surface area contributed by atoms with Crippen molar-refractivity contribution >= 4 is 17.7 Å². The van der Waals surface area contributed by atoms with Gasteiger partial charge in [0, 0.05) is 29.4 Å². The standard InChI is InChI=1S/C24H29FN2O4/c1-6-26-15(4)20(14(3)21(26)24(30)31-7-2)22(28)16(5)27(19-11-12-19)23(29)17-9-8-10-18(25)13-17/h8-10,13,16,19H,6-7,11-12H2,1-5H3/t16-/m1/s1. The molecule has 31 heavy (non-hydrogen) atoms. The molecule has 2 aromatic rings. The van der Waals surface area contributed by atoms with E-state index in [1.807, 2.05) is 6.92 Å². The van der Waals surface area contributed by atoms with Crippen molar-refractivity contribution in [1.82, 2.24) is 9.47 Å². The Balaban J connectivity index is 1.99. The molecule has 0 bridgehead atoms. The van der Waals surface area contributed by atoms with E-state index in [1.54, 1.807) is 43.2 Å². The molecule has 6 nitrogen and oxygen atoms in total. The molecular formula is C24H29FN2O4. The van der Waals surface area contributed by atoms with E-state index in [0.717, 1.165) is 12.8 Å². The molecule has 1 heterocycles. The Labute approximate surface area is 182 Å². The maximum absolute atomic E-state index is 13.7. The van der Waals surface area contributed by atoms with Crippen molar-refractivity contribution in [3.63, 3.8) is 0 Å². The summed E-state index contributed by atoms with van der Waals surface area (Å²) in [6.07, 6.45) is 1.61. The second kappa shape index (κ2) is 9.04. The largest absolute Gasteiger partial charge is 0.461 e. The minimum Gasteiger partial charge on any atom is -0.461 e. The van der Waals surface area contributed by atoms with Gasteiger partial charge in [-0.15, -0.1) is 0 Å². The van der Waals surface area contributed by atoms with Gasteiger partial charge < -0.3 is 14.2 Å². The molecule has 1 amide bonds. The Morgan fingerprint density at radius 1 is 1.23 bits per heavy atom. The highest BCUT2D eigenvalue weighted by atomic mass is 19.1. The maximum atomic E-state index is 13.7. The zero-order chi connectivity index (χ0) is 22.9. The van der Waals surface area contributed by atoms with Crippen LogP contribution in [0.3, 0.4) is 0 Å². The molecule has 0 aliphatic heterocycles. The molecule has 166 valence electrons. The number of ketones is 1. The van der Waals surface area contributed by atoms with E-state index in [9.17, 15) is 18.8 Å². The van der Waals surface area contributed by atoms with Gasteiger partial charge in [-0.2, -0.15) is 0 Å². The van der Waals surface area contributed by atoms with Gasteiger partial charge in [-0.05, 0) is 71.2 Å². The summed E-state index contributed by atoms with van der Waals surface area (Å²) >= 11 is 0. The summed E-state index contributed by atoms with van der Waals surface area (Å²) in [7, 11) is 0. The molecule has 1 fully saturated rings. The number of amides is 1. The fraction of sp³-hybridized carbons (Fsp3) is 0.458. The summed E-state index contributed by atoms with van der Waals surface area (Å²) in [5.41, 5.74) is 2.26. The summed E-state index contributed by atoms with van der Waals surface area (Å²) in [6.45, 7) is 9.62. The molecule has 1 atom stereocenters. The number of hydrogen-bond acceptors (Lipinski definition) is 4. The quantitative estimate of drug-likeness (QED) is 0.464. The third-order valence-electron chi connectivity index (χ3n) is 5.84. The van der Waals surface area contributed by atoms with Crippen LogP contribution >= 0.6 is 0 Å². The molecule has 1 aliphatic carbocycles. The lowest BCUT2D eigenvalue weighted by Crippen LogP contribution is -2.45. The monoisotopic (exact) mass is 428 g/mol. The zero-order valence-corrected chi connectivity index (χ0v) is 18.7. The van der Waals surface area contributed by atoms with Crippen LogP contribution in [0.15, 0.2) is 24.3 Å².